The van der Waals surface area contributed by atoms with Crippen molar-refractivity contribution < 1.29 is 5.11 Å². The zero-order valence-corrected chi connectivity index (χ0v) is 9.33. The zero-order valence-electron chi connectivity index (χ0n) is 9.33. The van der Waals surface area contributed by atoms with Crippen molar-refractivity contribution in [1.82, 2.24) is 4.98 Å². The van der Waals surface area contributed by atoms with Crippen LogP contribution in [0.2, 0.25) is 0 Å². The van der Waals surface area contributed by atoms with E-state index >= 15 is 0 Å². The number of anilines is 2. The van der Waals surface area contributed by atoms with Gasteiger partial charge in [-0.2, -0.15) is 0 Å². The molecule has 0 aliphatic rings. The molecular weight excluding hydrogens is 190 g/mol. The second-order valence-corrected chi connectivity index (χ2v) is 3.70. The van der Waals surface area contributed by atoms with Gasteiger partial charge in [0.25, 0.3) is 0 Å². The number of aliphatic hydroxyl groups excluding tert-OH is 1. The van der Waals surface area contributed by atoms with Crippen molar-refractivity contribution in [2.24, 2.45) is 0 Å². The Labute approximate surface area is 90.5 Å². The SMILES string of the molecule is CCC(CCO)Nc1ncc(N)cc1C. The third kappa shape index (κ3) is 3.40. The van der Waals surface area contributed by atoms with Gasteiger partial charge in [-0.15, -0.1) is 0 Å². The first-order chi connectivity index (χ1) is 7.17. The maximum absolute atomic E-state index is 8.88. The quantitative estimate of drug-likeness (QED) is 0.688. The number of aromatic nitrogens is 1. The molecule has 0 aromatic carbocycles. The summed E-state index contributed by atoms with van der Waals surface area (Å²) in [5.41, 5.74) is 7.33. The molecule has 1 unspecified atom stereocenters. The third-order valence-electron chi connectivity index (χ3n) is 2.41. The predicted molar refractivity (Wildman–Crippen MR) is 62.8 cm³/mol. The molecule has 84 valence electrons. The summed E-state index contributed by atoms with van der Waals surface area (Å²) in [4.78, 5) is 4.23. The van der Waals surface area contributed by atoms with Crippen molar-refractivity contribution in [3.05, 3.63) is 17.8 Å². The maximum Gasteiger partial charge on any atom is 0.129 e. The van der Waals surface area contributed by atoms with Crippen LogP contribution in [0.15, 0.2) is 12.3 Å². The van der Waals surface area contributed by atoms with E-state index in [-0.39, 0.29) is 12.6 Å². The second-order valence-electron chi connectivity index (χ2n) is 3.70. The van der Waals surface area contributed by atoms with Crippen molar-refractivity contribution >= 4 is 11.5 Å². The molecular formula is C11H19N3O. The number of aliphatic hydroxyl groups is 1. The number of nitrogens with two attached hydrogens (primary N) is 1. The summed E-state index contributed by atoms with van der Waals surface area (Å²) >= 11 is 0. The average Bonchev–Trinajstić information content (AvgIpc) is 2.21. The minimum absolute atomic E-state index is 0.194. The Balaban J connectivity index is 2.70. The highest BCUT2D eigenvalue weighted by atomic mass is 16.3. The Morgan fingerprint density at radius 1 is 1.60 bits per heavy atom. The van der Waals surface area contributed by atoms with E-state index in [4.69, 9.17) is 10.8 Å². The van der Waals surface area contributed by atoms with Crippen molar-refractivity contribution in [2.45, 2.75) is 32.7 Å². The Hall–Kier alpha value is -1.29. The van der Waals surface area contributed by atoms with Crippen molar-refractivity contribution in [1.29, 1.82) is 0 Å². The lowest BCUT2D eigenvalue weighted by molar-refractivity contribution is 0.278. The number of nitrogens with zero attached hydrogens (tertiary/aromatic N) is 1. The van der Waals surface area contributed by atoms with E-state index in [1.165, 1.54) is 0 Å². The molecule has 0 aliphatic carbocycles. The van der Waals surface area contributed by atoms with Gasteiger partial charge in [0, 0.05) is 12.6 Å². The van der Waals surface area contributed by atoms with Gasteiger partial charge in [0.05, 0.1) is 11.9 Å². The van der Waals surface area contributed by atoms with Gasteiger partial charge in [-0.05, 0) is 31.4 Å². The number of aryl methyl sites for hydroxylation is 1. The number of nitrogen functional groups attached to an aromatic ring is 1. The topological polar surface area (TPSA) is 71.2 Å². The normalized spacial score (nSPS) is 12.5. The van der Waals surface area contributed by atoms with Gasteiger partial charge in [0.1, 0.15) is 5.82 Å². The summed E-state index contributed by atoms with van der Waals surface area (Å²) in [5.74, 6) is 0.851. The molecule has 0 fully saturated rings. The monoisotopic (exact) mass is 209 g/mol. The van der Waals surface area contributed by atoms with Crippen molar-refractivity contribution in [3.8, 4) is 0 Å². The molecule has 0 radical (unpaired) electrons. The number of nitrogens with one attached hydrogen (secondary N) is 1. The fraction of sp³-hybridized carbons (Fsp3) is 0.545. The van der Waals surface area contributed by atoms with Gasteiger partial charge in [0.2, 0.25) is 0 Å². The first kappa shape index (κ1) is 11.8. The molecule has 4 nitrogen and oxygen atoms in total. The summed E-state index contributed by atoms with van der Waals surface area (Å²) in [6.45, 7) is 4.25. The molecule has 0 aliphatic heterocycles. The molecule has 0 amide bonds. The summed E-state index contributed by atoms with van der Waals surface area (Å²) in [5, 5.41) is 12.2. The largest absolute Gasteiger partial charge is 0.397 e. The number of hydrogen-bond donors (Lipinski definition) is 3. The Morgan fingerprint density at radius 2 is 2.33 bits per heavy atom. The smallest absolute Gasteiger partial charge is 0.129 e. The molecule has 4 heteroatoms. The van der Waals surface area contributed by atoms with Gasteiger partial charge in [-0.3, -0.25) is 0 Å². The number of pyridine rings is 1. The van der Waals surface area contributed by atoms with Crippen molar-refractivity contribution in [2.75, 3.05) is 17.7 Å². The zero-order chi connectivity index (χ0) is 11.3. The van der Waals surface area contributed by atoms with Crippen LogP contribution in [0.25, 0.3) is 0 Å². The molecule has 4 N–H and O–H groups in total. The number of rotatable bonds is 5. The predicted octanol–water partition coefficient (Wildman–Crippen LogP) is 1.55. The second kappa shape index (κ2) is 5.56. The van der Waals surface area contributed by atoms with Crippen LogP contribution in [0, 0.1) is 6.92 Å². The van der Waals surface area contributed by atoms with Crippen LogP contribution < -0.4 is 11.1 Å². The molecule has 1 rings (SSSR count). The van der Waals surface area contributed by atoms with E-state index in [0.29, 0.717) is 5.69 Å². The van der Waals surface area contributed by atoms with E-state index in [2.05, 4.69) is 17.2 Å². The first-order valence-corrected chi connectivity index (χ1v) is 5.27. The fourth-order valence-electron chi connectivity index (χ4n) is 1.48. The molecule has 15 heavy (non-hydrogen) atoms. The third-order valence-corrected chi connectivity index (χ3v) is 2.41. The van der Waals surface area contributed by atoms with E-state index in [0.717, 1.165) is 24.2 Å². The summed E-state index contributed by atoms with van der Waals surface area (Å²) in [6.07, 6.45) is 3.34. The Morgan fingerprint density at radius 3 is 2.87 bits per heavy atom. The fourth-order valence-corrected chi connectivity index (χ4v) is 1.48. The molecule has 1 aromatic rings. The standard InChI is InChI=1S/C11H19N3O/c1-3-10(4-5-15)14-11-8(2)6-9(12)7-13-11/h6-7,10,15H,3-5,12H2,1-2H3,(H,13,14). The van der Waals surface area contributed by atoms with Crippen LogP contribution in [-0.4, -0.2) is 22.7 Å². The van der Waals surface area contributed by atoms with Gasteiger partial charge < -0.3 is 16.2 Å². The van der Waals surface area contributed by atoms with Crippen molar-refractivity contribution in [3.63, 3.8) is 0 Å². The highest BCUT2D eigenvalue weighted by molar-refractivity contribution is 5.51. The Kier molecular flexibility index (Phi) is 4.37. The molecule has 1 atom stereocenters. The van der Waals surface area contributed by atoms with Crippen LogP contribution in [0.1, 0.15) is 25.3 Å². The highest BCUT2D eigenvalue weighted by Gasteiger charge is 2.07. The van der Waals surface area contributed by atoms with E-state index in [1.54, 1.807) is 6.20 Å². The summed E-state index contributed by atoms with van der Waals surface area (Å²) in [6, 6.07) is 2.16. The van der Waals surface area contributed by atoms with Crippen LogP contribution in [0.3, 0.4) is 0 Å². The maximum atomic E-state index is 8.88. The molecule has 1 heterocycles. The van der Waals surface area contributed by atoms with E-state index in [1.807, 2.05) is 13.0 Å². The lowest BCUT2D eigenvalue weighted by Gasteiger charge is -2.17. The molecule has 0 saturated carbocycles. The van der Waals surface area contributed by atoms with Gasteiger partial charge in [0.15, 0.2) is 0 Å². The van der Waals surface area contributed by atoms with Crippen LogP contribution >= 0.6 is 0 Å². The van der Waals surface area contributed by atoms with E-state index < -0.39 is 0 Å². The molecule has 0 saturated heterocycles. The minimum Gasteiger partial charge on any atom is -0.397 e. The van der Waals surface area contributed by atoms with Crippen LogP contribution in [0.4, 0.5) is 11.5 Å². The number of hydrogen-bond acceptors (Lipinski definition) is 4. The summed E-state index contributed by atoms with van der Waals surface area (Å²) < 4.78 is 0. The minimum atomic E-state index is 0.194. The molecule has 0 spiro atoms. The van der Waals surface area contributed by atoms with Gasteiger partial charge >= 0.3 is 0 Å². The lowest BCUT2D eigenvalue weighted by atomic mass is 10.1. The van der Waals surface area contributed by atoms with Gasteiger partial charge in [-0.25, -0.2) is 4.98 Å². The van der Waals surface area contributed by atoms with Crippen LogP contribution in [0.5, 0.6) is 0 Å². The first-order valence-electron chi connectivity index (χ1n) is 5.27. The molecule has 1 aromatic heterocycles. The molecule has 0 bridgehead atoms. The van der Waals surface area contributed by atoms with Crippen LogP contribution in [-0.2, 0) is 0 Å². The lowest BCUT2D eigenvalue weighted by Crippen LogP contribution is -2.21. The van der Waals surface area contributed by atoms with E-state index in [9.17, 15) is 0 Å². The van der Waals surface area contributed by atoms with Gasteiger partial charge in [-0.1, -0.05) is 6.92 Å². The summed E-state index contributed by atoms with van der Waals surface area (Å²) in [7, 11) is 0. The Bertz CT molecular complexity index is 315. The average molecular weight is 209 g/mol. The highest BCUT2D eigenvalue weighted by Crippen LogP contribution is 2.16.